The van der Waals surface area contributed by atoms with Crippen LogP contribution in [0.3, 0.4) is 0 Å². The zero-order chi connectivity index (χ0) is 30.7. The van der Waals surface area contributed by atoms with E-state index in [2.05, 4.69) is 33.0 Å². The van der Waals surface area contributed by atoms with E-state index >= 15 is 0 Å². The largest absolute Gasteiger partial charge is 0.361 e. The van der Waals surface area contributed by atoms with Crippen LogP contribution in [0, 0.1) is 12.7 Å². The first kappa shape index (κ1) is 32.6. The van der Waals surface area contributed by atoms with Crippen molar-refractivity contribution in [2.45, 2.75) is 52.6 Å². The Bertz CT molecular complexity index is 1360. The number of halogens is 2. The maximum Gasteiger partial charge on any atom is 0.274 e. The summed E-state index contributed by atoms with van der Waals surface area (Å²) < 4.78 is 32.7. The quantitative estimate of drug-likeness (QED) is 0.175. The maximum atomic E-state index is 14.5. The molecule has 0 saturated carbocycles. The van der Waals surface area contributed by atoms with Gasteiger partial charge in [-0.15, -0.1) is 0 Å². The summed E-state index contributed by atoms with van der Waals surface area (Å²) in [5.41, 5.74) is 0.0775. The summed E-state index contributed by atoms with van der Waals surface area (Å²) in [7, 11) is 0. The fourth-order valence-electron chi connectivity index (χ4n) is 3.40. The normalized spacial score (nSPS) is 12.8. The summed E-state index contributed by atoms with van der Waals surface area (Å²) in [6, 6.07) is 5.92. The highest BCUT2D eigenvalue weighted by molar-refractivity contribution is 5.98. The van der Waals surface area contributed by atoms with Crippen molar-refractivity contribution in [3.8, 4) is 0 Å². The van der Waals surface area contributed by atoms with Gasteiger partial charge < -0.3 is 25.8 Å². The van der Waals surface area contributed by atoms with Crippen LogP contribution in [-0.4, -0.2) is 53.5 Å². The van der Waals surface area contributed by atoms with E-state index < -0.39 is 52.4 Å². The number of hydrogen-bond donors (Lipinski definition) is 4. The van der Waals surface area contributed by atoms with Crippen LogP contribution >= 0.6 is 0 Å². The molecule has 1 atom stereocenters. The van der Waals surface area contributed by atoms with E-state index in [-0.39, 0.29) is 25.2 Å². The Morgan fingerprint density at radius 3 is 2.39 bits per heavy atom. The highest BCUT2D eigenvalue weighted by Gasteiger charge is 2.27. The molecular formula is C29H35F2N5O5. The van der Waals surface area contributed by atoms with E-state index in [0.29, 0.717) is 16.9 Å². The molecule has 4 N–H and O–H groups in total. The molecule has 1 heterocycles. The molecule has 0 spiro atoms. The molecule has 0 aliphatic rings. The molecule has 2 rings (SSSR count). The highest BCUT2D eigenvalue weighted by atomic mass is 19.1. The van der Waals surface area contributed by atoms with Crippen LogP contribution in [0.5, 0.6) is 0 Å². The van der Waals surface area contributed by atoms with Crippen LogP contribution in [0.15, 0.2) is 65.0 Å². The first-order valence-electron chi connectivity index (χ1n) is 12.8. The van der Waals surface area contributed by atoms with E-state index in [4.69, 9.17) is 4.52 Å². The number of rotatable bonds is 12. The number of carbonyl (C=O) groups excluding carboxylic acids is 4. The van der Waals surface area contributed by atoms with Crippen LogP contribution in [0.1, 0.15) is 55.9 Å². The van der Waals surface area contributed by atoms with E-state index in [1.807, 2.05) is 0 Å². The molecule has 10 nitrogen and oxygen atoms in total. The molecule has 0 bridgehead atoms. The van der Waals surface area contributed by atoms with Crippen LogP contribution in [-0.2, 0) is 14.4 Å². The van der Waals surface area contributed by atoms with Crippen molar-refractivity contribution >= 4 is 29.2 Å². The van der Waals surface area contributed by atoms with E-state index in [0.717, 1.165) is 6.08 Å². The number of aryl methyl sites for hydroxylation is 1. The van der Waals surface area contributed by atoms with Gasteiger partial charge in [0.2, 0.25) is 11.8 Å². The Morgan fingerprint density at radius 1 is 1.10 bits per heavy atom. The third-order valence-corrected chi connectivity index (χ3v) is 5.42. The second-order valence-corrected chi connectivity index (χ2v) is 10.3. The zero-order valence-electron chi connectivity index (χ0n) is 23.7. The van der Waals surface area contributed by atoms with Gasteiger partial charge in [0.15, 0.2) is 5.69 Å². The predicted molar refractivity (Wildman–Crippen MR) is 149 cm³/mol. The Hall–Kier alpha value is -4.61. The number of hydrogen-bond acceptors (Lipinski definition) is 6. The van der Waals surface area contributed by atoms with Crippen molar-refractivity contribution in [3.05, 3.63) is 83.3 Å². The second-order valence-electron chi connectivity index (χ2n) is 10.3. The van der Waals surface area contributed by atoms with Gasteiger partial charge >= 0.3 is 0 Å². The van der Waals surface area contributed by atoms with E-state index in [1.54, 1.807) is 40.7 Å². The first-order valence-corrected chi connectivity index (χ1v) is 12.8. The molecular weight excluding hydrogens is 536 g/mol. The fourth-order valence-corrected chi connectivity index (χ4v) is 3.40. The SMILES string of the molecule is C=C(C(=O)NCCNC(=O)[C@H](CC(=O)NC(C)(C)C)NC(=O)c1cc(C)on1)/C(F)=C\C=C(/C)c1cccc(F)c1. The van der Waals surface area contributed by atoms with E-state index in [9.17, 15) is 28.0 Å². The molecule has 0 aliphatic carbocycles. The van der Waals surface area contributed by atoms with Gasteiger partial charge in [-0.1, -0.05) is 29.9 Å². The summed E-state index contributed by atoms with van der Waals surface area (Å²) in [5.74, 6) is -3.59. The molecule has 0 aliphatic heterocycles. The molecule has 1 aromatic carbocycles. The highest BCUT2D eigenvalue weighted by Crippen LogP contribution is 2.17. The predicted octanol–water partition coefficient (Wildman–Crippen LogP) is 3.27. The zero-order valence-corrected chi connectivity index (χ0v) is 23.7. The van der Waals surface area contributed by atoms with Crippen molar-refractivity contribution in [3.63, 3.8) is 0 Å². The monoisotopic (exact) mass is 571 g/mol. The van der Waals surface area contributed by atoms with Gasteiger partial charge in [0.25, 0.3) is 11.8 Å². The van der Waals surface area contributed by atoms with Gasteiger partial charge in [0, 0.05) is 24.7 Å². The second kappa shape index (κ2) is 14.7. The summed E-state index contributed by atoms with van der Waals surface area (Å²) in [6.07, 6.45) is 2.09. The van der Waals surface area contributed by atoms with Gasteiger partial charge in [-0.2, -0.15) is 0 Å². The number of carbonyl (C=O) groups is 4. The lowest BCUT2D eigenvalue weighted by atomic mass is 10.1. The lowest BCUT2D eigenvalue weighted by molar-refractivity contribution is -0.128. The molecule has 4 amide bonds. The molecule has 0 fully saturated rings. The van der Waals surface area contributed by atoms with Gasteiger partial charge in [-0.3, -0.25) is 19.2 Å². The third kappa shape index (κ3) is 11.2. The van der Waals surface area contributed by atoms with Gasteiger partial charge in [0.1, 0.15) is 23.4 Å². The minimum absolute atomic E-state index is 0.0571. The number of benzene rings is 1. The van der Waals surface area contributed by atoms with Gasteiger partial charge in [-0.25, -0.2) is 8.78 Å². The average molecular weight is 572 g/mol. The third-order valence-electron chi connectivity index (χ3n) is 5.42. The van der Waals surface area contributed by atoms with Crippen LogP contribution in [0.25, 0.3) is 5.57 Å². The molecule has 2 aromatic rings. The molecule has 12 heteroatoms. The Kier molecular flexibility index (Phi) is 11.7. The van der Waals surface area contributed by atoms with Crippen molar-refractivity contribution < 1.29 is 32.5 Å². The molecule has 41 heavy (non-hydrogen) atoms. The smallest absolute Gasteiger partial charge is 0.274 e. The number of amides is 4. The lowest BCUT2D eigenvalue weighted by Crippen LogP contribution is -2.51. The standard InChI is InChI=1S/C29H35F2N5O5/c1-17(20-8-7-9-21(30)15-20)10-11-22(31)19(3)26(38)32-12-13-33-27(39)23(16-25(37)35-29(4,5)6)34-28(40)24-14-18(2)41-36-24/h7-11,14-15,23H,3,12-13,16H2,1-2,4-6H3,(H,32,38)(H,33,39)(H,34,40)(H,35,37)/b17-10+,22-11+/t23-/m0/s1. The van der Waals surface area contributed by atoms with E-state index in [1.165, 1.54) is 30.3 Å². The fraction of sp³-hybridized carbons (Fsp3) is 0.345. The Morgan fingerprint density at radius 2 is 1.78 bits per heavy atom. The van der Waals surface area contributed by atoms with Crippen molar-refractivity contribution in [2.24, 2.45) is 0 Å². The number of aromatic nitrogens is 1. The molecule has 1 aromatic heterocycles. The summed E-state index contributed by atoms with van der Waals surface area (Å²) in [6.45, 7) is 11.8. The van der Waals surface area contributed by atoms with Crippen molar-refractivity contribution in [2.75, 3.05) is 13.1 Å². The number of nitrogens with one attached hydrogen (secondary N) is 4. The van der Waals surface area contributed by atoms with Gasteiger partial charge in [0.05, 0.1) is 12.0 Å². The van der Waals surface area contributed by atoms with Crippen LogP contribution < -0.4 is 21.3 Å². The Labute approximate surface area is 237 Å². The minimum Gasteiger partial charge on any atom is -0.361 e. The van der Waals surface area contributed by atoms with Crippen molar-refractivity contribution in [1.29, 1.82) is 0 Å². The van der Waals surface area contributed by atoms with Gasteiger partial charge in [-0.05, 0) is 64.0 Å². The first-order chi connectivity index (χ1) is 19.2. The summed E-state index contributed by atoms with van der Waals surface area (Å²) >= 11 is 0. The Balaban J connectivity index is 1.93. The lowest BCUT2D eigenvalue weighted by Gasteiger charge is -2.23. The number of allylic oxidation sites excluding steroid dienone is 3. The van der Waals surface area contributed by atoms with Crippen LogP contribution in [0.4, 0.5) is 8.78 Å². The average Bonchev–Trinajstić information content (AvgIpc) is 3.33. The number of nitrogens with zero attached hydrogens (tertiary/aromatic N) is 1. The topological polar surface area (TPSA) is 142 Å². The van der Waals surface area contributed by atoms with Crippen LogP contribution in [0.2, 0.25) is 0 Å². The molecule has 0 saturated heterocycles. The molecule has 0 radical (unpaired) electrons. The summed E-state index contributed by atoms with van der Waals surface area (Å²) in [5, 5.41) is 13.8. The molecule has 0 unspecified atom stereocenters. The molecule has 220 valence electrons. The van der Waals surface area contributed by atoms with Crippen molar-refractivity contribution in [1.82, 2.24) is 26.4 Å². The minimum atomic E-state index is -1.25. The summed E-state index contributed by atoms with van der Waals surface area (Å²) in [4.78, 5) is 50.1. The maximum absolute atomic E-state index is 14.5.